The van der Waals surface area contributed by atoms with E-state index in [-0.39, 0.29) is 5.60 Å². The van der Waals surface area contributed by atoms with Crippen LogP contribution in [0.5, 0.6) is 0 Å². The van der Waals surface area contributed by atoms with E-state index in [1.54, 1.807) is 0 Å². The maximum absolute atomic E-state index is 10.1. The second-order valence-electron chi connectivity index (χ2n) is 4.02. The molecule has 0 heterocycles. The van der Waals surface area contributed by atoms with Crippen LogP contribution in [0.3, 0.4) is 0 Å². The molecule has 0 aromatic heterocycles. The van der Waals surface area contributed by atoms with Gasteiger partial charge in [0.25, 0.3) is 5.09 Å². The Bertz CT molecular complexity index is 228. The summed E-state index contributed by atoms with van der Waals surface area (Å²) in [4.78, 5) is 14.9. The van der Waals surface area contributed by atoms with E-state index in [1.165, 1.54) is 12.8 Å². The van der Waals surface area contributed by atoms with E-state index in [2.05, 4.69) is 0 Å². The molecule has 0 aromatic rings. The van der Waals surface area contributed by atoms with Gasteiger partial charge in [-0.3, -0.25) is 0 Å². The smallest absolute Gasteiger partial charge is 0.295 e. The van der Waals surface area contributed by atoms with Crippen molar-refractivity contribution in [1.29, 1.82) is 0 Å². The molecule has 60 valence electrons. The van der Waals surface area contributed by atoms with Crippen LogP contribution in [0.2, 0.25) is 0 Å². The maximum atomic E-state index is 10.1. The van der Waals surface area contributed by atoms with E-state index >= 15 is 0 Å². The highest BCUT2D eigenvalue weighted by Gasteiger charge is 2.77. The predicted octanol–water partition coefficient (Wildman–Crippen LogP) is 0.993. The highest BCUT2D eigenvalue weighted by molar-refractivity contribution is 5.24. The first-order chi connectivity index (χ1) is 5.22. The summed E-state index contributed by atoms with van der Waals surface area (Å²) in [6.07, 6.45) is 3.31. The summed E-state index contributed by atoms with van der Waals surface area (Å²) in [5.74, 6) is 1.82. The molecule has 0 spiro atoms. The molecule has 4 heteroatoms. The number of rotatable bonds is 2. The Morgan fingerprint density at radius 2 is 2.09 bits per heavy atom. The summed E-state index contributed by atoms with van der Waals surface area (Å²) >= 11 is 0. The molecule has 4 aliphatic carbocycles. The van der Waals surface area contributed by atoms with Gasteiger partial charge >= 0.3 is 0 Å². The number of nitrogens with zero attached hydrogens (tertiary/aromatic N) is 1. The van der Waals surface area contributed by atoms with Gasteiger partial charge in [0.1, 0.15) is 5.60 Å². The lowest BCUT2D eigenvalue weighted by Gasteiger charge is -2.06. The van der Waals surface area contributed by atoms with E-state index in [4.69, 9.17) is 4.84 Å². The molecule has 4 fully saturated rings. The molecule has 2 unspecified atom stereocenters. The average molecular weight is 155 g/mol. The number of hydrogen-bond donors (Lipinski definition) is 0. The third-order valence-electron chi connectivity index (χ3n) is 3.66. The van der Waals surface area contributed by atoms with Crippen LogP contribution < -0.4 is 0 Å². The molecule has 0 saturated heterocycles. The van der Waals surface area contributed by atoms with E-state index in [9.17, 15) is 10.1 Å². The molecular formula is C7H9NO3. The van der Waals surface area contributed by atoms with Crippen LogP contribution in [0, 0.1) is 27.9 Å². The molecule has 0 N–H and O–H groups in total. The normalized spacial score (nSPS) is 56.2. The van der Waals surface area contributed by atoms with Crippen LogP contribution in [0.4, 0.5) is 0 Å². The second kappa shape index (κ2) is 1.38. The van der Waals surface area contributed by atoms with Gasteiger partial charge in [0.15, 0.2) is 0 Å². The van der Waals surface area contributed by atoms with Crippen molar-refractivity contribution in [3.8, 4) is 0 Å². The monoisotopic (exact) mass is 155 g/mol. The highest BCUT2D eigenvalue weighted by atomic mass is 17.0. The van der Waals surface area contributed by atoms with Crippen molar-refractivity contribution in [1.82, 2.24) is 0 Å². The van der Waals surface area contributed by atoms with Crippen molar-refractivity contribution in [3.63, 3.8) is 0 Å². The minimum Gasteiger partial charge on any atom is -0.307 e. The molecule has 0 radical (unpaired) electrons. The predicted molar refractivity (Wildman–Crippen MR) is 35.1 cm³/mol. The topological polar surface area (TPSA) is 52.4 Å². The van der Waals surface area contributed by atoms with Gasteiger partial charge < -0.3 is 4.84 Å². The molecule has 0 aliphatic heterocycles. The van der Waals surface area contributed by atoms with E-state index < -0.39 is 5.09 Å². The molecular weight excluding hydrogens is 146 g/mol. The van der Waals surface area contributed by atoms with Crippen LogP contribution >= 0.6 is 0 Å². The first kappa shape index (κ1) is 5.80. The standard InChI is InChI=1S/C7H9NO3/c9-8(10)11-7-3-4-1-5(7)6(7)2-4/h4-6H,1-3H2. The average Bonchev–Trinajstić information content (AvgIpc) is 2.39. The van der Waals surface area contributed by atoms with Crippen molar-refractivity contribution in [2.45, 2.75) is 24.9 Å². The molecule has 0 aromatic carbocycles. The lowest BCUT2D eigenvalue weighted by atomic mass is 10.1. The van der Waals surface area contributed by atoms with Crippen molar-refractivity contribution in [2.24, 2.45) is 17.8 Å². The van der Waals surface area contributed by atoms with Gasteiger partial charge in [-0.15, -0.1) is 10.1 Å². The first-order valence-electron chi connectivity index (χ1n) is 4.06. The van der Waals surface area contributed by atoms with Gasteiger partial charge in [-0.05, 0) is 37.0 Å². The van der Waals surface area contributed by atoms with Gasteiger partial charge in [0.2, 0.25) is 0 Å². The molecule has 4 bridgehead atoms. The quantitative estimate of drug-likeness (QED) is 0.441. The maximum Gasteiger partial charge on any atom is 0.295 e. The molecule has 4 saturated carbocycles. The summed E-state index contributed by atoms with van der Waals surface area (Å²) in [5.41, 5.74) is -0.284. The zero-order valence-corrected chi connectivity index (χ0v) is 6.03. The lowest BCUT2D eigenvalue weighted by molar-refractivity contribution is -0.774. The largest absolute Gasteiger partial charge is 0.307 e. The Hall–Kier alpha value is -0.800. The molecule has 0 amide bonds. The molecule has 2 atom stereocenters. The van der Waals surface area contributed by atoms with Crippen molar-refractivity contribution < 1.29 is 9.92 Å². The van der Waals surface area contributed by atoms with Gasteiger partial charge in [-0.2, -0.15) is 0 Å². The Morgan fingerprint density at radius 1 is 1.45 bits per heavy atom. The van der Waals surface area contributed by atoms with Crippen LogP contribution in [0.25, 0.3) is 0 Å². The van der Waals surface area contributed by atoms with E-state index in [0.717, 1.165) is 12.3 Å². The summed E-state index contributed by atoms with van der Waals surface area (Å²) in [6.45, 7) is 0. The van der Waals surface area contributed by atoms with Gasteiger partial charge in [-0.1, -0.05) is 0 Å². The summed E-state index contributed by atoms with van der Waals surface area (Å²) < 4.78 is 0. The molecule has 11 heavy (non-hydrogen) atoms. The van der Waals surface area contributed by atoms with Gasteiger partial charge in [-0.25, -0.2) is 0 Å². The van der Waals surface area contributed by atoms with E-state index in [0.29, 0.717) is 11.8 Å². The van der Waals surface area contributed by atoms with Crippen LogP contribution in [0.1, 0.15) is 19.3 Å². The zero-order chi connectivity index (χ0) is 7.64. The van der Waals surface area contributed by atoms with Crippen LogP contribution in [-0.4, -0.2) is 10.7 Å². The fraction of sp³-hybridized carbons (Fsp3) is 1.00. The van der Waals surface area contributed by atoms with Gasteiger partial charge in [0.05, 0.1) is 0 Å². The van der Waals surface area contributed by atoms with Crippen molar-refractivity contribution >= 4 is 0 Å². The minimum absolute atomic E-state index is 0.284. The summed E-state index contributed by atoms with van der Waals surface area (Å²) in [6, 6.07) is 0. The van der Waals surface area contributed by atoms with Crippen molar-refractivity contribution in [3.05, 3.63) is 10.1 Å². The second-order valence-corrected chi connectivity index (χ2v) is 4.02. The minimum atomic E-state index is -0.610. The fourth-order valence-electron chi connectivity index (χ4n) is 3.35. The zero-order valence-electron chi connectivity index (χ0n) is 6.03. The van der Waals surface area contributed by atoms with Crippen molar-refractivity contribution in [2.75, 3.05) is 0 Å². The Labute approximate surface area is 63.6 Å². The van der Waals surface area contributed by atoms with Crippen LogP contribution in [-0.2, 0) is 4.84 Å². The van der Waals surface area contributed by atoms with Gasteiger partial charge in [0, 0.05) is 0 Å². The number of hydrogen-bond acceptors (Lipinski definition) is 3. The summed E-state index contributed by atoms with van der Waals surface area (Å²) in [7, 11) is 0. The lowest BCUT2D eigenvalue weighted by Crippen LogP contribution is -2.18. The third kappa shape index (κ3) is 0.490. The Morgan fingerprint density at radius 3 is 2.45 bits per heavy atom. The first-order valence-corrected chi connectivity index (χ1v) is 4.06. The SMILES string of the molecule is O=[N+]([O-])OC12CC3CC1C2C3. The molecule has 4 nitrogen and oxygen atoms in total. The van der Waals surface area contributed by atoms with E-state index in [1.807, 2.05) is 0 Å². The van der Waals surface area contributed by atoms with Crippen LogP contribution in [0.15, 0.2) is 0 Å². The fourth-order valence-corrected chi connectivity index (χ4v) is 3.35. The summed E-state index contributed by atoms with van der Waals surface area (Å²) in [5, 5.41) is 9.52. The highest BCUT2D eigenvalue weighted by Crippen LogP contribution is 2.74. The Balaban J connectivity index is 1.85. The molecule has 4 rings (SSSR count). The Kier molecular flexibility index (Phi) is 0.726. The molecule has 4 aliphatic rings. The third-order valence-corrected chi connectivity index (χ3v) is 3.66.